The molecular formula is C26H36F3N3O4S2. The van der Waals surface area contributed by atoms with Crippen molar-refractivity contribution >= 4 is 45.1 Å². The molecule has 0 aliphatic carbocycles. The van der Waals surface area contributed by atoms with Crippen molar-refractivity contribution < 1.29 is 32.3 Å². The van der Waals surface area contributed by atoms with Gasteiger partial charge in [-0.25, -0.2) is 0 Å². The van der Waals surface area contributed by atoms with Crippen LogP contribution in [-0.4, -0.2) is 53.1 Å². The lowest BCUT2D eigenvalue weighted by Gasteiger charge is -2.25. The van der Waals surface area contributed by atoms with E-state index in [1.165, 1.54) is 18.6 Å². The molecule has 1 aliphatic rings. The maximum Gasteiger partial charge on any atom is 0.416 e. The molecule has 38 heavy (non-hydrogen) atoms. The molecule has 0 radical (unpaired) electrons. The van der Waals surface area contributed by atoms with Gasteiger partial charge in [-0.2, -0.15) is 13.2 Å². The van der Waals surface area contributed by atoms with Crippen molar-refractivity contribution in [1.29, 1.82) is 0 Å². The van der Waals surface area contributed by atoms with Gasteiger partial charge in [0.15, 0.2) is 0 Å². The van der Waals surface area contributed by atoms with Gasteiger partial charge in [-0.3, -0.25) is 19.2 Å². The third-order valence-electron chi connectivity index (χ3n) is 6.09. The minimum absolute atomic E-state index is 0.184. The number of amides is 3. The van der Waals surface area contributed by atoms with E-state index in [1.807, 2.05) is 21.6 Å². The smallest absolute Gasteiger partial charge is 0.350 e. The molecule has 1 aliphatic heterocycles. The number of Topliss-reactive ketones (excluding diaryl/α,β-unsaturated/α-hetero) is 1. The van der Waals surface area contributed by atoms with Crippen LogP contribution in [0, 0.1) is 5.92 Å². The molecule has 1 fully saturated rings. The molecule has 7 nitrogen and oxygen atoms in total. The van der Waals surface area contributed by atoms with E-state index in [-0.39, 0.29) is 31.2 Å². The molecule has 12 heteroatoms. The number of unbranched alkanes of at least 4 members (excludes halogenated alkanes) is 1. The van der Waals surface area contributed by atoms with E-state index < -0.39 is 41.4 Å². The Hall–Kier alpha value is -2.21. The van der Waals surface area contributed by atoms with Crippen LogP contribution in [0.2, 0.25) is 0 Å². The molecule has 3 N–H and O–H groups in total. The zero-order valence-electron chi connectivity index (χ0n) is 21.9. The first kappa shape index (κ1) is 32.0. The Labute approximate surface area is 229 Å². The molecule has 0 spiro atoms. The summed E-state index contributed by atoms with van der Waals surface area (Å²) >= 11 is 0. The molecule has 1 aromatic rings. The highest BCUT2D eigenvalue weighted by molar-refractivity contribution is 8.77. The van der Waals surface area contributed by atoms with Gasteiger partial charge in [0.1, 0.15) is 12.1 Å². The highest BCUT2D eigenvalue weighted by Crippen LogP contribution is 2.39. The first-order chi connectivity index (χ1) is 17.9. The quantitative estimate of drug-likeness (QED) is 0.174. The van der Waals surface area contributed by atoms with Gasteiger partial charge < -0.3 is 16.0 Å². The Kier molecular flexibility index (Phi) is 13.0. The zero-order chi connectivity index (χ0) is 28.3. The Morgan fingerprint density at radius 1 is 1.05 bits per heavy atom. The van der Waals surface area contributed by atoms with Crippen molar-refractivity contribution in [1.82, 2.24) is 16.0 Å². The fourth-order valence-electron chi connectivity index (χ4n) is 3.94. The second-order valence-electron chi connectivity index (χ2n) is 9.55. The molecule has 3 amide bonds. The van der Waals surface area contributed by atoms with Gasteiger partial charge in [0.25, 0.3) is 5.91 Å². The van der Waals surface area contributed by atoms with Crippen molar-refractivity contribution in [3.8, 4) is 0 Å². The summed E-state index contributed by atoms with van der Waals surface area (Å²) in [6.45, 7) is 5.31. The van der Waals surface area contributed by atoms with Crippen LogP contribution in [0.1, 0.15) is 64.0 Å². The first-order valence-electron chi connectivity index (χ1n) is 12.8. The fraction of sp³-hybridized carbons (Fsp3) is 0.615. The molecule has 1 saturated heterocycles. The van der Waals surface area contributed by atoms with Crippen LogP contribution < -0.4 is 16.0 Å². The van der Waals surface area contributed by atoms with Gasteiger partial charge in [-0.1, -0.05) is 54.0 Å². The number of hydrogen-bond acceptors (Lipinski definition) is 6. The number of rotatable bonds is 14. The predicted octanol–water partition coefficient (Wildman–Crippen LogP) is 4.29. The molecule has 212 valence electrons. The Balaban J connectivity index is 2.04. The third-order valence-corrected chi connectivity index (χ3v) is 9.09. The van der Waals surface area contributed by atoms with Gasteiger partial charge in [-0.15, -0.1) is 0 Å². The van der Waals surface area contributed by atoms with E-state index in [0.717, 1.165) is 30.7 Å². The minimum Gasteiger partial charge on any atom is -0.350 e. The van der Waals surface area contributed by atoms with Gasteiger partial charge in [0.2, 0.25) is 17.6 Å². The normalized spacial score (nSPS) is 17.1. The summed E-state index contributed by atoms with van der Waals surface area (Å²) in [5.74, 6) is -1.89. The topological polar surface area (TPSA) is 104 Å². The number of benzene rings is 1. The van der Waals surface area contributed by atoms with Crippen LogP contribution in [0.4, 0.5) is 13.2 Å². The van der Waals surface area contributed by atoms with E-state index in [4.69, 9.17) is 0 Å². The SMILES string of the molecule is CCNC(=O)C(=O)[C@H](Cc1ccc(C(F)(F)F)cc1)NC(=O)[C@@H](NC(=O)CCCCC1CCSS1)C(C)C. The van der Waals surface area contributed by atoms with Crippen molar-refractivity contribution in [2.75, 3.05) is 12.3 Å². The average Bonchev–Trinajstić information content (AvgIpc) is 3.37. The Morgan fingerprint density at radius 2 is 1.74 bits per heavy atom. The Bertz CT molecular complexity index is 952. The van der Waals surface area contributed by atoms with Crippen LogP contribution in [-0.2, 0) is 31.8 Å². The lowest BCUT2D eigenvalue weighted by Crippen LogP contribution is -2.56. The number of halogens is 3. The summed E-state index contributed by atoms with van der Waals surface area (Å²) in [6, 6.07) is 1.92. The van der Waals surface area contributed by atoms with E-state index in [1.54, 1.807) is 20.8 Å². The van der Waals surface area contributed by atoms with E-state index in [0.29, 0.717) is 17.2 Å². The predicted molar refractivity (Wildman–Crippen MR) is 144 cm³/mol. The summed E-state index contributed by atoms with van der Waals surface area (Å²) < 4.78 is 38.7. The number of likely N-dealkylation sites (N-methyl/N-ethyl adjacent to an activating group) is 1. The van der Waals surface area contributed by atoms with Gasteiger partial charge >= 0.3 is 6.18 Å². The number of hydrogen-bond donors (Lipinski definition) is 3. The lowest BCUT2D eigenvalue weighted by atomic mass is 9.98. The van der Waals surface area contributed by atoms with E-state index in [2.05, 4.69) is 16.0 Å². The molecule has 0 aromatic heterocycles. The maximum absolute atomic E-state index is 13.1. The molecule has 1 heterocycles. The zero-order valence-corrected chi connectivity index (χ0v) is 23.5. The van der Waals surface area contributed by atoms with E-state index in [9.17, 15) is 32.3 Å². The van der Waals surface area contributed by atoms with Crippen molar-refractivity contribution in [3.63, 3.8) is 0 Å². The standard InChI is InChI=1S/C26H36F3N3O4S2/c1-4-30-25(36)23(34)20(15-17-9-11-18(12-10-17)26(27,28)29)31-24(35)22(16(2)3)32-21(33)8-6-5-7-19-13-14-37-38-19/h9-12,16,19-20,22H,4-8,13-15H2,1-3H3,(H,30,36)(H,31,35)(H,32,33)/t19?,20-,22-/m0/s1. The van der Waals surface area contributed by atoms with Crippen LogP contribution in [0.5, 0.6) is 0 Å². The van der Waals surface area contributed by atoms with Gasteiger partial charge in [0, 0.05) is 30.4 Å². The van der Waals surface area contributed by atoms with Crippen LogP contribution >= 0.6 is 21.6 Å². The lowest BCUT2D eigenvalue weighted by molar-refractivity contribution is -0.140. The summed E-state index contributed by atoms with van der Waals surface area (Å²) in [5, 5.41) is 8.30. The highest BCUT2D eigenvalue weighted by Gasteiger charge is 2.33. The van der Waals surface area contributed by atoms with Crippen LogP contribution in [0.25, 0.3) is 0 Å². The summed E-state index contributed by atoms with van der Waals surface area (Å²) in [4.78, 5) is 50.7. The first-order valence-corrected chi connectivity index (χ1v) is 15.2. The molecule has 1 unspecified atom stereocenters. The van der Waals surface area contributed by atoms with Gasteiger partial charge in [0.05, 0.1) is 5.56 Å². The summed E-state index contributed by atoms with van der Waals surface area (Å²) in [6.07, 6.45) is -0.580. The molecular weight excluding hydrogens is 539 g/mol. The second-order valence-corrected chi connectivity index (χ2v) is 12.3. The molecule has 1 aromatic carbocycles. The average molecular weight is 576 g/mol. The highest BCUT2D eigenvalue weighted by atomic mass is 33.1. The molecule has 0 saturated carbocycles. The molecule has 0 bridgehead atoms. The molecule has 2 rings (SSSR count). The van der Waals surface area contributed by atoms with Crippen LogP contribution in [0.3, 0.4) is 0 Å². The number of ketones is 1. The Morgan fingerprint density at radius 3 is 2.29 bits per heavy atom. The molecule has 3 atom stereocenters. The summed E-state index contributed by atoms with van der Waals surface area (Å²) in [5.41, 5.74) is -0.509. The fourth-order valence-corrected chi connectivity index (χ4v) is 6.97. The van der Waals surface area contributed by atoms with Crippen molar-refractivity contribution in [2.45, 2.75) is 82.8 Å². The third kappa shape index (κ3) is 10.5. The minimum atomic E-state index is -4.51. The number of alkyl halides is 3. The van der Waals surface area contributed by atoms with Crippen LogP contribution in [0.15, 0.2) is 24.3 Å². The number of nitrogens with one attached hydrogen (secondary N) is 3. The number of carbonyl (C=O) groups is 4. The number of carbonyl (C=O) groups excluding carboxylic acids is 4. The van der Waals surface area contributed by atoms with Crippen molar-refractivity contribution in [2.24, 2.45) is 5.92 Å². The second kappa shape index (κ2) is 15.4. The van der Waals surface area contributed by atoms with E-state index >= 15 is 0 Å². The van der Waals surface area contributed by atoms with Crippen molar-refractivity contribution in [3.05, 3.63) is 35.4 Å². The monoisotopic (exact) mass is 575 g/mol. The maximum atomic E-state index is 13.1. The summed E-state index contributed by atoms with van der Waals surface area (Å²) in [7, 11) is 3.76. The van der Waals surface area contributed by atoms with Gasteiger partial charge in [-0.05, 0) is 49.8 Å². The largest absolute Gasteiger partial charge is 0.416 e.